The second-order valence-electron chi connectivity index (χ2n) is 6.26. The summed E-state index contributed by atoms with van der Waals surface area (Å²) in [5.41, 5.74) is 0.223. The first-order valence-corrected chi connectivity index (χ1v) is 6.76. The Hall–Kier alpha value is -0.120. The average molecular weight is 243 g/mol. The fourth-order valence-electron chi connectivity index (χ4n) is 2.53. The van der Waals surface area contributed by atoms with Crippen LogP contribution in [0.2, 0.25) is 0 Å². The Morgan fingerprint density at radius 2 is 1.94 bits per heavy atom. The first-order chi connectivity index (χ1) is 7.83. The van der Waals surface area contributed by atoms with E-state index in [0.29, 0.717) is 25.4 Å². The lowest BCUT2D eigenvalue weighted by Crippen LogP contribution is -2.61. The van der Waals surface area contributed by atoms with Gasteiger partial charge >= 0.3 is 0 Å². The highest BCUT2D eigenvalue weighted by atomic mass is 16.5. The van der Waals surface area contributed by atoms with Crippen molar-refractivity contribution in [3.63, 3.8) is 0 Å². The molecule has 0 spiro atoms. The molecule has 3 atom stereocenters. The molecule has 17 heavy (non-hydrogen) atoms. The summed E-state index contributed by atoms with van der Waals surface area (Å²) in [4.78, 5) is 0. The molecule has 102 valence electrons. The van der Waals surface area contributed by atoms with Gasteiger partial charge < -0.3 is 14.8 Å². The van der Waals surface area contributed by atoms with Crippen molar-refractivity contribution in [3.8, 4) is 0 Å². The standard InChI is InChI=1S/C14H29NO2/c1-7-14(5)11(15-6)10-12(14)16-8-9-17-13(2,3)4/h11-12,15H,7-10H2,1-6H3. The first-order valence-electron chi connectivity index (χ1n) is 6.76. The third-order valence-corrected chi connectivity index (χ3v) is 4.03. The maximum atomic E-state index is 5.95. The molecule has 1 saturated carbocycles. The number of nitrogens with one attached hydrogen (secondary N) is 1. The van der Waals surface area contributed by atoms with Crippen molar-refractivity contribution in [1.29, 1.82) is 0 Å². The van der Waals surface area contributed by atoms with Crippen LogP contribution in [0.4, 0.5) is 0 Å². The Morgan fingerprint density at radius 1 is 1.29 bits per heavy atom. The molecular weight excluding hydrogens is 214 g/mol. The van der Waals surface area contributed by atoms with Gasteiger partial charge in [-0.2, -0.15) is 0 Å². The smallest absolute Gasteiger partial charge is 0.0707 e. The Balaban J connectivity index is 2.25. The Morgan fingerprint density at radius 3 is 2.41 bits per heavy atom. The Kier molecular flexibility index (Phi) is 4.99. The monoisotopic (exact) mass is 243 g/mol. The van der Waals surface area contributed by atoms with E-state index in [1.165, 1.54) is 0 Å². The van der Waals surface area contributed by atoms with E-state index in [9.17, 15) is 0 Å². The SMILES string of the molecule is CCC1(C)C(NC)CC1OCCOC(C)(C)C. The van der Waals surface area contributed by atoms with Crippen molar-refractivity contribution < 1.29 is 9.47 Å². The zero-order valence-corrected chi connectivity index (χ0v) is 12.3. The zero-order valence-electron chi connectivity index (χ0n) is 12.3. The van der Waals surface area contributed by atoms with E-state index >= 15 is 0 Å². The quantitative estimate of drug-likeness (QED) is 0.727. The molecule has 1 N–H and O–H groups in total. The predicted octanol–water partition coefficient (Wildman–Crippen LogP) is 2.59. The van der Waals surface area contributed by atoms with E-state index in [0.717, 1.165) is 12.8 Å². The van der Waals surface area contributed by atoms with Crippen LogP contribution in [0.15, 0.2) is 0 Å². The molecule has 1 aliphatic carbocycles. The van der Waals surface area contributed by atoms with Crippen LogP contribution in [-0.4, -0.2) is 38.0 Å². The molecule has 0 aromatic heterocycles. The van der Waals surface area contributed by atoms with Crippen LogP contribution in [-0.2, 0) is 9.47 Å². The summed E-state index contributed by atoms with van der Waals surface area (Å²) in [6.45, 7) is 12.2. The maximum Gasteiger partial charge on any atom is 0.0707 e. The number of ether oxygens (including phenoxy) is 2. The van der Waals surface area contributed by atoms with Gasteiger partial charge in [-0.15, -0.1) is 0 Å². The topological polar surface area (TPSA) is 30.5 Å². The van der Waals surface area contributed by atoms with E-state index in [2.05, 4.69) is 39.9 Å². The molecule has 3 unspecified atom stereocenters. The molecule has 0 radical (unpaired) electrons. The second kappa shape index (κ2) is 5.68. The number of hydrogen-bond donors (Lipinski definition) is 1. The van der Waals surface area contributed by atoms with Crippen LogP contribution in [0.25, 0.3) is 0 Å². The van der Waals surface area contributed by atoms with E-state index in [1.54, 1.807) is 0 Å². The molecule has 0 heterocycles. The lowest BCUT2D eigenvalue weighted by Gasteiger charge is -2.53. The maximum absolute atomic E-state index is 5.95. The second-order valence-corrected chi connectivity index (χ2v) is 6.26. The summed E-state index contributed by atoms with van der Waals surface area (Å²) < 4.78 is 11.6. The van der Waals surface area contributed by atoms with E-state index in [-0.39, 0.29) is 11.0 Å². The Bertz CT molecular complexity index is 237. The van der Waals surface area contributed by atoms with Crippen LogP contribution < -0.4 is 5.32 Å². The van der Waals surface area contributed by atoms with Gasteiger partial charge in [-0.3, -0.25) is 0 Å². The van der Waals surface area contributed by atoms with Gasteiger partial charge in [0.15, 0.2) is 0 Å². The summed E-state index contributed by atoms with van der Waals surface area (Å²) in [7, 11) is 2.04. The van der Waals surface area contributed by atoms with Gasteiger partial charge in [-0.05, 0) is 40.7 Å². The summed E-state index contributed by atoms with van der Waals surface area (Å²) in [5.74, 6) is 0. The molecule has 3 heteroatoms. The van der Waals surface area contributed by atoms with Gasteiger partial charge in [0.2, 0.25) is 0 Å². The van der Waals surface area contributed by atoms with E-state index < -0.39 is 0 Å². The Labute approximate surface area is 106 Å². The fraction of sp³-hybridized carbons (Fsp3) is 1.00. The van der Waals surface area contributed by atoms with Crippen LogP contribution in [0.3, 0.4) is 0 Å². The molecule has 1 rings (SSSR count). The van der Waals surface area contributed by atoms with Crippen LogP contribution in [0.5, 0.6) is 0 Å². The summed E-state index contributed by atoms with van der Waals surface area (Å²) >= 11 is 0. The minimum Gasteiger partial charge on any atom is -0.375 e. The van der Waals surface area contributed by atoms with Crippen molar-refractivity contribution in [3.05, 3.63) is 0 Å². The summed E-state index contributed by atoms with van der Waals surface area (Å²) in [6, 6.07) is 0.598. The van der Waals surface area contributed by atoms with Gasteiger partial charge in [0.25, 0.3) is 0 Å². The predicted molar refractivity (Wildman–Crippen MR) is 71.3 cm³/mol. The molecule has 0 aliphatic heterocycles. The average Bonchev–Trinajstić information content (AvgIpc) is 2.24. The highest BCUT2D eigenvalue weighted by Gasteiger charge is 2.50. The lowest BCUT2D eigenvalue weighted by molar-refractivity contribution is -0.144. The van der Waals surface area contributed by atoms with Gasteiger partial charge in [-0.1, -0.05) is 13.8 Å². The number of rotatable bonds is 6. The molecular formula is C14H29NO2. The largest absolute Gasteiger partial charge is 0.375 e. The van der Waals surface area contributed by atoms with Gasteiger partial charge in [0.1, 0.15) is 0 Å². The third-order valence-electron chi connectivity index (χ3n) is 4.03. The van der Waals surface area contributed by atoms with Crippen LogP contribution >= 0.6 is 0 Å². The molecule has 0 saturated heterocycles. The van der Waals surface area contributed by atoms with Crippen molar-refractivity contribution in [1.82, 2.24) is 5.32 Å². The summed E-state index contributed by atoms with van der Waals surface area (Å²) in [6.07, 6.45) is 2.66. The van der Waals surface area contributed by atoms with E-state index in [1.807, 2.05) is 7.05 Å². The van der Waals surface area contributed by atoms with Crippen molar-refractivity contribution >= 4 is 0 Å². The molecule has 1 fully saturated rings. The van der Waals surface area contributed by atoms with Gasteiger partial charge in [0.05, 0.1) is 24.9 Å². The van der Waals surface area contributed by atoms with Crippen LogP contribution in [0, 0.1) is 5.41 Å². The van der Waals surface area contributed by atoms with Crippen LogP contribution in [0.1, 0.15) is 47.5 Å². The van der Waals surface area contributed by atoms with Crippen molar-refractivity contribution in [2.24, 2.45) is 5.41 Å². The fourth-order valence-corrected chi connectivity index (χ4v) is 2.53. The van der Waals surface area contributed by atoms with Crippen molar-refractivity contribution in [2.45, 2.75) is 65.2 Å². The lowest BCUT2D eigenvalue weighted by atomic mass is 9.61. The van der Waals surface area contributed by atoms with Gasteiger partial charge in [0, 0.05) is 11.5 Å². The molecule has 1 aliphatic rings. The highest BCUT2D eigenvalue weighted by Crippen LogP contribution is 2.45. The molecule has 0 aromatic rings. The molecule has 0 bridgehead atoms. The third kappa shape index (κ3) is 3.67. The normalized spacial score (nSPS) is 33.5. The highest BCUT2D eigenvalue weighted by molar-refractivity contribution is 5.04. The van der Waals surface area contributed by atoms with Gasteiger partial charge in [-0.25, -0.2) is 0 Å². The minimum atomic E-state index is -0.0649. The number of hydrogen-bond acceptors (Lipinski definition) is 3. The summed E-state index contributed by atoms with van der Waals surface area (Å²) in [5, 5.41) is 3.38. The minimum absolute atomic E-state index is 0.0649. The molecule has 0 aromatic carbocycles. The first kappa shape index (κ1) is 14.9. The molecule has 3 nitrogen and oxygen atoms in total. The van der Waals surface area contributed by atoms with Crippen molar-refractivity contribution in [2.75, 3.05) is 20.3 Å². The van der Waals surface area contributed by atoms with E-state index in [4.69, 9.17) is 9.47 Å². The molecule has 0 amide bonds. The zero-order chi connectivity index (χ0) is 13.1.